The summed E-state index contributed by atoms with van der Waals surface area (Å²) < 4.78 is 12.4. The maximum Gasteiger partial charge on any atom is 0.113 e. The molecule has 0 aromatic carbocycles. The van der Waals surface area contributed by atoms with Gasteiger partial charge >= 0.3 is 0 Å². The molecular weight excluding hydrogens is 117 g/mol. The average molecular weight is 129 g/mol. The van der Waals surface area contributed by atoms with Gasteiger partial charge in [0.1, 0.15) is 6.17 Å². The second kappa shape index (κ2) is 5.58. The number of nitrogens with one attached hydrogen (secondary N) is 1. The molecule has 52 valence electrons. The highest BCUT2D eigenvalue weighted by atomic mass is 19.1. The number of halogens is 1. The van der Waals surface area contributed by atoms with Crippen LogP contribution in [0, 0.1) is 12.3 Å². The largest absolute Gasteiger partial charge is 0.317 e. The van der Waals surface area contributed by atoms with Crippen LogP contribution in [-0.2, 0) is 0 Å². The zero-order valence-electron chi connectivity index (χ0n) is 5.65. The molecule has 0 aliphatic heterocycles. The highest BCUT2D eigenvalue weighted by Crippen LogP contribution is 1.98. The molecule has 0 bridgehead atoms. The molecule has 0 spiro atoms. The number of rotatable bonds is 4. The van der Waals surface area contributed by atoms with Crippen molar-refractivity contribution in [1.82, 2.24) is 5.32 Å². The van der Waals surface area contributed by atoms with Gasteiger partial charge in [-0.1, -0.05) is 0 Å². The molecule has 0 saturated carbocycles. The van der Waals surface area contributed by atoms with Crippen molar-refractivity contribution in [2.75, 3.05) is 13.6 Å². The Morgan fingerprint density at radius 3 is 2.89 bits per heavy atom. The van der Waals surface area contributed by atoms with E-state index >= 15 is 0 Å². The first kappa shape index (κ1) is 8.45. The van der Waals surface area contributed by atoms with E-state index in [4.69, 9.17) is 6.42 Å². The quantitative estimate of drug-likeness (QED) is 0.557. The fourth-order valence-electron chi connectivity index (χ4n) is 0.564. The zero-order valence-corrected chi connectivity index (χ0v) is 5.65. The molecule has 1 N–H and O–H groups in total. The highest BCUT2D eigenvalue weighted by Gasteiger charge is 2.01. The van der Waals surface area contributed by atoms with Crippen molar-refractivity contribution in [2.45, 2.75) is 19.0 Å². The van der Waals surface area contributed by atoms with Gasteiger partial charge in [-0.2, -0.15) is 0 Å². The van der Waals surface area contributed by atoms with Crippen LogP contribution in [0.3, 0.4) is 0 Å². The fraction of sp³-hybridized carbons (Fsp3) is 0.714. The summed E-state index contributed by atoms with van der Waals surface area (Å²) in [5, 5.41) is 2.73. The second-order valence-corrected chi connectivity index (χ2v) is 1.90. The van der Waals surface area contributed by atoms with Gasteiger partial charge in [0, 0.05) is 13.0 Å². The molecule has 0 aromatic heterocycles. The first-order chi connectivity index (χ1) is 4.31. The standard InChI is InChI=1S/C7H12FN/c1-3-4-5-7(8)6-9-2/h1,7,9H,4-6H2,2H3/t7-/m0/s1. The molecule has 0 rings (SSSR count). The zero-order chi connectivity index (χ0) is 7.11. The number of alkyl halides is 1. The van der Waals surface area contributed by atoms with E-state index in [1.165, 1.54) is 0 Å². The molecule has 0 fully saturated rings. The first-order valence-corrected chi connectivity index (χ1v) is 3.03. The Balaban J connectivity index is 3.07. The normalized spacial score (nSPS) is 12.6. The summed E-state index contributed by atoms with van der Waals surface area (Å²) in [4.78, 5) is 0. The molecule has 0 heterocycles. The van der Waals surface area contributed by atoms with Crippen LogP contribution in [0.4, 0.5) is 4.39 Å². The van der Waals surface area contributed by atoms with E-state index in [2.05, 4.69) is 11.2 Å². The molecule has 1 atom stereocenters. The van der Waals surface area contributed by atoms with Gasteiger partial charge in [0.15, 0.2) is 0 Å². The van der Waals surface area contributed by atoms with Crippen LogP contribution < -0.4 is 5.32 Å². The van der Waals surface area contributed by atoms with E-state index in [9.17, 15) is 4.39 Å². The summed E-state index contributed by atoms with van der Waals surface area (Å²) in [7, 11) is 1.72. The molecule has 9 heavy (non-hydrogen) atoms. The van der Waals surface area contributed by atoms with Gasteiger partial charge in [-0.15, -0.1) is 12.3 Å². The Morgan fingerprint density at radius 1 is 1.78 bits per heavy atom. The van der Waals surface area contributed by atoms with E-state index in [1.807, 2.05) is 0 Å². The first-order valence-electron chi connectivity index (χ1n) is 3.03. The Labute approximate surface area is 55.6 Å². The highest BCUT2D eigenvalue weighted by molar-refractivity contribution is 4.84. The summed E-state index contributed by atoms with van der Waals surface area (Å²) in [6.07, 6.45) is 5.15. The molecule has 0 aliphatic carbocycles. The van der Waals surface area contributed by atoms with E-state index in [0.717, 1.165) is 0 Å². The minimum Gasteiger partial charge on any atom is -0.317 e. The van der Waals surface area contributed by atoms with Gasteiger partial charge in [0.25, 0.3) is 0 Å². The smallest absolute Gasteiger partial charge is 0.113 e. The lowest BCUT2D eigenvalue weighted by Gasteiger charge is -2.02. The van der Waals surface area contributed by atoms with Crippen molar-refractivity contribution >= 4 is 0 Å². The Kier molecular flexibility index (Phi) is 5.24. The van der Waals surface area contributed by atoms with E-state index in [0.29, 0.717) is 19.4 Å². The fourth-order valence-corrected chi connectivity index (χ4v) is 0.564. The second-order valence-electron chi connectivity index (χ2n) is 1.90. The topological polar surface area (TPSA) is 12.0 Å². The van der Waals surface area contributed by atoms with Crippen molar-refractivity contribution in [3.63, 3.8) is 0 Å². The van der Waals surface area contributed by atoms with Crippen molar-refractivity contribution < 1.29 is 4.39 Å². The molecule has 1 nitrogen and oxygen atoms in total. The number of hydrogen-bond donors (Lipinski definition) is 1. The molecule has 0 saturated heterocycles. The van der Waals surface area contributed by atoms with Crippen molar-refractivity contribution in [2.24, 2.45) is 0 Å². The van der Waals surface area contributed by atoms with Crippen LogP contribution in [0.15, 0.2) is 0 Å². The summed E-state index contributed by atoms with van der Waals surface area (Å²) in [6.45, 7) is 0.404. The predicted octanol–water partition coefficient (Wildman–Crippen LogP) is 0.957. The molecular formula is C7H12FN. The molecule has 0 amide bonds. The van der Waals surface area contributed by atoms with Crippen LogP contribution in [0.5, 0.6) is 0 Å². The summed E-state index contributed by atoms with van der Waals surface area (Å²) >= 11 is 0. The molecule has 2 heteroatoms. The number of terminal acetylenes is 1. The Morgan fingerprint density at radius 2 is 2.44 bits per heavy atom. The SMILES string of the molecule is C#CCC[C@H](F)CNC. The van der Waals surface area contributed by atoms with Gasteiger partial charge in [0.05, 0.1) is 0 Å². The summed E-state index contributed by atoms with van der Waals surface area (Å²) in [6, 6.07) is 0. The van der Waals surface area contributed by atoms with Crippen molar-refractivity contribution in [1.29, 1.82) is 0 Å². The minimum atomic E-state index is -0.786. The molecule has 0 aliphatic rings. The lowest BCUT2D eigenvalue weighted by Crippen LogP contribution is -2.19. The summed E-state index contributed by atoms with van der Waals surface area (Å²) in [5.74, 6) is 2.39. The van der Waals surface area contributed by atoms with Gasteiger partial charge in [-0.25, -0.2) is 4.39 Å². The maximum absolute atomic E-state index is 12.4. The lowest BCUT2D eigenvalue weighted by molar-refractivity contribution is 0.311. The number of hydrogen-bond acceptors (Lipinski definition) is 1. The van der Waals surface area contributed by atoms with Crippen LogP contribution in [0.1, 0.15) is 12.8 Å². The Bertz CT molecular complexity index is 95.6. The Hall–Kier alpha value is -0.550. The summed E-state index contributed by atoms with van der Waals surface area (Å²) in [5.41, 5.74) is 0. The van der Waals surface area contributed by atoms with Crippen molar-refractivity contribution in [3.8, 4) is 12.3 Å². The third-order valence-electron chi connectivity index (χ3n) is 1.03. The van der Waals surface area contributed by atoms with E-state index in [1.54, 1.807) is 7.05 Å². The van der Waals surface area contributed by atoms with Gasteiger partial charge in [-0.3, -0.25) is 0 Å². The van der Waals surface area contributed by atoms with Crippen molar-refractivity contribution in [3.05, 3.63) is 0 Å². The van der Waals surface area contributed by atoms with Crippen LogP contribution in [0.2, 0.25) is 0 Å². The molecule has 0 aromatic rings. The van der Waals surface area contributed by atoms with Gasteiger partial charge in [-0.05, 0) is 13.5 Å². The third-order valence-corrected chi connectivity index (χ3v) is 1.03. The van der Waals surface area contributed by atoms with E-state index in [-0.39, 0.29) is 0 Å². The molecule has 0 unspecified atom stereocenters. The molecule has 0 radical (unpaired) electrons. The minimum absolute atomic E-state index is 0.404. The van der Waals surface area contributed by atoms with Crippen LogP contribution in [0.25, 0.3) is 0 Å². The lowest BCUT2D eigenvalue weighted by atomic mass is 10.2. The average Bonchev–Trinajstić information content (AvgIpc) is 1.85. The van der Waals surface area contributed by atoms with Gasteiger partial charge in [0.2, 0.25) is 0 Å². The van der Waals surface area contributed by atoms with E-state index < -0.39 is 6.17 Å². The van der Waals surface area contributed by atoms with Gasteiger partial charge < -0.3 is 5.32 Å². The van der Waals surface area contributed by atoms with Crippen LogP contribution >= 0.6 is 0 Å². The van der Waals surface area contributed by atoms with Crippen LogP contribution in [-0.4, -0.2) is 19.8 Å². The monoisotopic (exact) mass is 129 g/mol. The maximum atomic E-state index is 12.4. The third kappa shape index (κ3) is 5.32. The predicted molar refractivity (Wildman–Crippen MR) is 36.9 cm³/mol.